The second-order valence-electron chi connectivity index (χ2n) is 9.21. The number of hydrogen-bond donors (Lipinski definition) is 1. The molecule has 1 aliphatic rings. The van der Waals surface area contributed by atoms with Crippen molar-refractivity contribution < 1.29 is 19.4 Å². The predicted molar refractivity (Wildman–Crippen MR) is 146 cm³/mol. The number of carboxylic acid groups (broad SMARTS) is 1. The van der Waals surface area contributed by atoms with Gasteiger partial charge in [0.2, 0.25) is 0 Å². The van der Waals surface area contributed by atoms with Crippen molar-refractivity contribution >= 4 is 33.5 Å². The second-order valence-corrected chi connectivity index (χ2v) is 10.0. The Kier molecular flexibility index (Phi) is 7.64. The lowest BCUT2D eigenvalue weighted by atomic mass is 10.1. The molecule has 38 heavy (non-hydrogen) atoms. The van der Waals surface area contributed by atoms with E-state index in [1.54, 1.807) is 24.9 Å². The van der Waals surface area contributed by atoms with E-state index in [0.29, 0.717) is 47.9 Å². The Morgan fingerprint density at radius 3 is 2.18 bits per heavy atom. The van der Waals surface area contributed by atoms with Crippen LogP contribution in [0.2, 0.25) is 0 Å². The minimum atomic E-state index is -0.897. The van der Waals surface area contributed by atoms with Crippen molar-refractivity contribution in [2.24, 2.45) is 0 Å². The van der Waals surface area contributed by atoms with E-state index in [-0.39, 0.29) is 6.04 Å². The average Bonchev–Trinajstić information content (AvgIpc) is 3.55. The van der Waals surface area contributed by atoms with Gasteiger partial charge >= 0.3 is 6.09 Å². The average molecular weight is 581 g/mol. The highest BCUT2D eigenvalue weighted by Crippen LogP contribution is 2.27. The fraction of sp³-hybridized carbons (Fsp3) is 0.333. The fourth-order valence-corrected chi connectivity index (χ4v) is 5.17. The highest BCUT2D eigenvalue weighted by Gasteiger charge is 2.30. The largest absolute Gasteiger partial charge is 0.497 e. The molecule has 1 aliphatic heterocycles. The summed E-state index contributed by atoms with van der Waals surface area (Å²) >= 11 is 3.54. The summed E-state index contributed by atoms with van der Waals surface area (Å²) in [6, 6.07) is 15.8. The van der Waals surface area contributed by atoms with E-state index in [1.165, 1.54) is 4.90 Å². The monoisotopic (exact) mass is 580 g/mol. The third-order valence-corrected chi connectivity index (χ3v) is 7.10. The van der Waals surface area contributed by atoms with Crippen LogP contribution in [-0.4, -0.2) is 62.5 Å². The normalized spacial score (nSPS) is 15.1. The summed E-state index contributed by atoms with van der Waals surface area (Å²) in [4.78, 5) is 24.9. The first-order chi connectivity index (χ1) is 18.4. The molecule has 1 fully saturated rings. The number of likely N-dealkylation sites (tertiary alicyclic amines) is 1. The van der Waals surface area contributed by atoms with Crippen LogP contribution in [0.3, 0.4) is 0 Å². The Balaban J connectivity index is 1.50. The number of amides is 1. The number of fused-ring (bicyclic) bond motifs is 1. The molecule has 0 saturated carbocycles. The molecule has 1 N–H and O–H groups in total. The SMILES string of the molecule is COc1ccc(CN(Cc2ccc(OC)cc2)c2nc(Br)cn3nc(CC4CCCN4C(=O)O)nc23)cc1. The number of halogens is 1. The van der Waals surface area contributed by atoms with Gasteiger partial charge in [-0.2, -0.15) is 5.10 Å². The summed E-state index contributed by atoms with van der Waals surface area (Å²) in [6.07, 6.45) is 2.99. The highest BCUT2D eigenvalue weighted by molar-refractivity contribution is 9.10. The number of anilines is 1. The number of nitrogens with zero attached hydrogens (tertiary/aromatic N) is 6. The zero-order chi connectivity index (χ0) is 26.6. The molecule has 4 aromatic rings. The maximum atomic E-state index is 11.6. The highest BCUT2D eigenvalue weighted by atomic mass is 79.9. The van der Waals surface area contributed by atoms with Gasteiger partial charge in [-0.3, -0.25) is 0 Å². The molecule has 0 bridgehead atoms. The van der Waals surface area contributed by atoms with Gasteiger partial charge in [0.25, 0.3) is 0 Å². The van der Waals surface area contributed by atoms with E-state index in [2.05, 4.69) is 25.9 Å². The van der Waals surface area contributed by atoms with Crippen molar-refractivity contribution in [3.05, 3.63) is 76.3 Å². The molecule has 2 aromatic carbocycles. The number of rotatable bonds is 9. The lowest BCUT2D eigenvalue weighted by Crippen LogP contribution is -2.35. The molecule has 198 valence electrons. The maximum absolute atomic E-state index is 11.6. The first-order valence-electron chi connectivity index (χ1n) is 12.4. The first kappa shape index (κ1) is 25.8. The van der Waals surface area contributed by atoms with Crippen LogP contribution in [0, 0.1) is 0 Å². The zero-order valence-electron chi connectivity index (χ0n) is 21.2. The third-order valence-electron chi connectivity index (χ3n) is 6.72. The molecule has 1 saturated heterocycles. The van der Waals surface area contributed by atoms with Crippen LogP contribution < -0.4 is 14.4 Å². The van der Waals surface area contributed by atoms with Gasteiger partial charge in [-0.1, -0.05) is 24.3 Å². The van der Waals surface area contributed by atoms with Crippen LogP contribution in [0.25, 0.3) is 5.65 Å². The predicted octanol–water partition coefficient (Wildman–Crippen LogP) is 4.80. The maximum Gasteiger partial charge on any atom is 0.407 e. The summed E-state index contributed by atoms with van der Waals surface area (Å²) in [7, 11) is 3.30. The number of carbonyl (C=O) groups is 1. The van der Waals surface area contributed by atoms with Gasteiger partial charge < -0.3 is 24.4 Å². The van der Waals surface area contributed by atoms with Crippen molar-refractivity contribution in [1.29, 1.82) is 0 Å². The number of benzene rings is 2. The van der Waals surface area contributed by atoms with Gasteiger partial charge in [0.1, 0.15) is 16.1 Å². The number of hydrogen-bond acceptors (Lipinski definition) is 7. The molecule has 11 heteroatoms. The Morgan fingerprint density at radius 1 is 1.03 bits per heavy atom. The second kappa shape index (κ2) is 11.3. The summed E-state index contributed by atoms with van der Waals surface area (Å²) in [5, 5.41) is 14.2. The molecule has 1 amide bonds. The fourth-order valence-electron chi connectivity index (χ4n) is 4.81. The number of ether oxygens (including phenoxy) is 2. The molecule has 0 radical (unpaired) electrons. The van der Waals surface area contributed by atoms with Crippen molar-refractivity contribution in [3.63, 3.8) is 0 Å². The van der Waals surface area contributed by atoms with Gasteiger partial charge in [-0.05, 0) is 64.2 Å². The summed E-state index contributed by atoms with van der Waals surface area (Å²) in [5.74, 6) is 2.86. The Hall–Kier alpha value is -3.86. The molecule has 0 aliphatic carbocycles. The minimum Gasteiger partial charge on any atom is -0.497 e. The summed E-state index contributed by atoms with van der Waals surface area (Å²) < 4.78 is 13.0. The van der Waals surface area contributed by atoms with Gasteiger partial charge in [0.05, 0.1) is 20.4 Å². The van der Waals surface area contributed by atoms with Crippen LogP contribution in [0.5, 0.6) is 11.5 Å². The molecule has 0 spiro atoms. The van der Waals surface area contributed by atoms with Crippen LogP contribution in [0.4, 0.5) is 10.6 Å². The van der Waals surface area contributed by atoms with Crippen molar-refractivity contribution in [2.45, 2.75) is 38.4 Å². The Bertz CT molecular complexity index is 1360. The summed E-state index contributed by atoms with van der Waals surface area (Å²) in [5.41, 5.74) is 2.79. The van der Waals surface area contributed by atoms with Crippen LogP contribution in [-0.2, 0) is 19.5 Å². The van der Waals surface area contributed by atoms with E-state index >= 15 is 0 Å². The molecule has 3 heterocycles. The minimum absolute atomic E-state index is 0.125. The molecular formula is C27H29BrN6O4. The quantitative estimate of drug-likeness (QED) is 0.301. The van der Waals surface area contributed by atoms with Gasteiger partial charge in [-0.25, -0.2) is 19.3 Å². The lowest BCUT2D eigenvalue weighted by Gasteiger charge is -2.24. The standard InChI is InChI=1S/C27H29BrN6O4/c1-37-21-9-5-18(6-10-21)15-32(16-19-7-11-22(38-2)12-8-19)25-26-30-24(31-34(26)17-23(28)29-25)14-20-4-3-13-33(20)27(35)36/h5-12,17,20H,3-4,13-16H2,1-2H3,(H,35,36). The van der Waals surface area contributed by atoms with Crippen LogP contribution >= 0.6 is 15.9 Å². The van der Waals surface area contributed by atoms with E-state index in [4.69, 9.17) is 19.4 Å². The number of methoxy groups -OCH3 is 2. The van der Waals surface area contributed by atoms with Crippen molar-refractivity contribution in [1.82, 2.24) is 24.5 Å². The molecule has 1 unspecified atom stereocenters. The lowest BCUT2D eigenvalue weighted by molar-refractivity contribution is 0.139. The molecular weight excluding hydrogens is 552 g/mol. The summed E-state index contributed by atoms with van der Waals surface area (Å²) in [6.45, 7) is 1.70. The Morgan fingerprint density at radius 2 is 1.63 bits per heavy atom. The van der Waals surface area contributed by atoms with Crippen molar-refractivity contribution in [3.8, 4) is 11.5 Å². The molecule has 10 nitrogen and oxygen atoms in total. The topological polar surface area (TPSA) is 105 Å². The van der Waals surface area contributed by atoms with E-state index in [9.17, 15) is 9.90 Å². The van der Waals surface area contributed by atoms with Gasteiger partial charge in [-0.15, -0.1) is 0 Å². The van der Waals surface area contributed by atoms with Gasteiger partial charge in [0.15, 0.2) is 17.3 Å². The molecule has 2 aromatic heterocycles. The molecule has 5 rings (SSSR count). The van der Waals surface area contributed by atoms with Crippen LogP contribution in [0.15, 0.2) is 59.3 Å². The van der Waals surface area contributed by atoms with E-state index < -0.39 is 6.09 Å². The third kappa shape index (κ3) is 5.67. The van der Waals surface area contributed by atoms with E-state index in [0.717, 1.165) is 35.5 Å². The smallest absolute Gasteiger partial charge is 0.407 e. The Labute approximate surface area is 229 Å². The van der Waals surface area contributed by atoms with Crippen molar-refractivity contribution in [2.75, 3.05) is 25.7 Å². The van der Waals surface area contributed by atoms with Crippen LogP contribution in [0.1, 0.15) is 29.8 Å². The number of aromatic nitrogens is 4. The van der Waals surface area contributed by atoms with E-state index in [1.807, 2.05) is 48.5 Å². The van der Waals surface area contributed by atoms with Gasteiger partial charge in [0, 0.05) is 32.1 Å². The molecule has 1 atom stereocenters. The zero-order valence-corrected chi connectivity index (χ0v) is 22.8. The first-order valence-corrected chi connectivity index (χ1v) is 13.1.